The molecule has 0 atom stereocenters. The molecule has 1 amide bonds. The first kappa shape index (κ1) is 21.7. The predicted octanol–water partition coefficient (Wildman–Crippen LogP) is 4.03. The number of nitrogens with one attached hydrogen (secondary N) is 1. The third-order valence-corrected chi connectivity index (χ3v) is 5.54. The molecule has 29 heavy (non-hydrogen) atoms. The average Bonchev–Trinajstić information content (AvgIpc) is 3.09. The number of piperidine rings is 1. The average molecular weight is 421 g/mol. The minimum atomic E-state index is -0.457. The molecular formula is C20H32N6O2S. The molecule has 0 unspecified atom stereocenters. The second-order valence-electron chi connectivity index (χ2n) is 8.82. The van der Waals surface area contributed by atoms with Crippen molar-refractivity contribution in [3.63, 3.8) is 0 Å². The number of amides is 1. The van der Waals surface area contributed by atoms with Gasteiger partial charge in [0.2, 0.25) is 5.95 Å². The van der Waals surface area contributed by atoms with Crippen LogP contribution in [-0.4, -0.2) is 62.1 Å². The molecule has 9 heteroatoms. The zero-order valence-electron chi connectivity index (χ0n) is 18.2. The molecule has 0 spiro atoms. The van der Waals surface area contributed by atoms with Crippen molar-refractivity contribution in [2.24, 2.45) is 5.92 Å². The summed E-state index contributed by atoms with van der Waals surface area (Å²) in [6.45, 7) is 12.2. The molecule has 0 bridgehead atoms. The summed E-state index contributed by atoms with van der Waals surface area (Å²) in [6.07, 6.45) is 5.51. The fourth-order valence-electron chi connectivity index (χ4n) is 3.37. The second-order valence-corrected chi connectivity index (χ2v) is 9.59. The Bertz CT molecular complexity index is 853. The molecule has 1 fully saturated rings. The quantitative estimate of drug-likeness (QED) is 0.731. The molecule has 2 aromatic rings. The van der Waals surface area contributed by atoms with Crippen LogP contribution in [-0.2, 0) is 4.74 Å². The molecule has 0 radical (unpaired) electrons. The maximum absolute atomic E-state index is 12.2. The Kier molecular flexibility index (Phi) is 6.55. The number of carbonyl (C=O) groups is 1. The van der Waals surface area contributed by atoms with E-state index < -0.39 is 5.60 Å². The van der Waals surface area contributed by atoms with Crippen LogP contribution >= 0.6 is 11.8 Å². The molecular weight excluding hydrogens is 388 g/mol. The monoisotopic (exact) mass is 420 g/mol. The van der Waals surface area contributed by atoms with Gasteiger partial charge in [0.15, 0.2) is 10.8 Å². The standard InChI is InChI=1S/C20H32N6O2S/c1-13(2)15-12-22-26-16(15)23-18(29-6)24-17(26)21-11-14-7-9-25(10-8-14)19(27)28-20(3,4)5/h12-14H,7-11H2,1-6H3,(H,21,23,24). The highest BCUT2D eigenvalue weighted by Gasteiger charge is 2.27. The van der Waals surface area contributed by atoms with Gasteiger partial charge in [0, 0.05) is 25.2 Å². The molecule has 0 aliphatic carbocycles. The molecule has 160 valence electrons. The first-order chi connectivity index (χ1) is 13.7. The van der Waals surface area contributed by atoms with E-state index in [1.807, 2.05) is 33.2 Å². The fourth-order valence-corrected chi connectivity index (χ4v) is 3.73. The van der Waals surface area contributed by atoms with Gasteiger partial charge in [-0.1, -0.05) is 25.6 Å². The number of rotatable bonds is 5. The van der Waals surface area contributed by atoms with Gasteiger partial charge in [-0.05, 0) is 51.7 Å². The van der Waals surface area contributed by atoms with Gasteiger partial charge in [-0.15, -0.1) is 0 Å². The number of nitrogens with zero attached hydrogens (tertiary/aromatic N) is 5. The molecule has 1 N–H and O–H groups in total. The van der Waals surface area contributed by atoms with E-state index in [2.05, 4.69) is 34.2 Å². The summed E-state index contributed by atoms with van der Waals surface area (Å²) in [6, 6.07) is 0. The van der Waals surface area contributed by atoms with Crippen molar-refractivity contribution < 1.29 is 9.53 Å². The highest BCUT2D eigenvalue weighted by molar-refractivity contribution is 7.98. The number of likely N-dealkylation sites (tertiary alicyclic amines) is 1. The summed E-state index contributed by atoms with van der Waals surface area (Å²) < 4.78 is 7.27. The molecule has 3 heterocycles. The molecule has 8 nitrogen and oxygen atoms in total. The lowest BCUT2D eigenvalue weighted by Gasteiger charge is -2.33. The number of hydrogen-bond acceptors (Lipinski definition) is 7. The van der Waals surface area contributed by atoms with E-state index in [0.29, 0.717) is 11.8 Å². The number of ether oxygens (including phenoxy) is 1. The fraction of sp³-hybridized carbons (Fsp3) is 0.700. The Morgan fingerprint density at radius 1 is 1.31 bits per heavy atom. The van der Waals surface area contributed by atoms with Crippen molar-refractivity contribution in [1.82, 2.24) is 24.5 Å². The summed E-state index contributed by atoms with van der Waals surface area (Å²) in [7, 11) is 0. The highest BCUT2D eigenvalue weighted by atomic mass is 32.2. The van der Waals surface area contributed by atoms with Crippen LogP contribution in [0.2, 0.25) is 0 Å². The summed E-state index contributed by atoms with van der Waals surface area (Å²) >= 11 is 1.53. The van der Waals surface area contributed by atoms with Gasteiger partial charge in [-0.25, -0.2) is 9.78 Å². The number of fused-ring (bicyclic) bond motifs is 1. The summed E-state index contributed by atoms with van der Waals surface area (Å²) in [4.78, 5) is 23.3. The lowest BCUT2D eigenvalue weighted by atomic mass is 9.97. The summed E-state index contributed by atoms with van der Waals surface area (Å²) in [5.41, 5.74) is 1.53. The van der Waals surface area contributed by atoms with Gasteiger partial charge in [-0.3, -0.25) is 0 Å². The van der Waals surface area contributed by atoms with Crippen molar-refractivity contribution in [1.29, 1.82) is 0 Å². The number of aromatic nitrogens is 4. The lowest BCUT2D eigenvalue weighted by molar-refractivity contribution is 0.0188. The second kappa shape index (κ2) is 8.77. The van der Waals surface area contributed by atoms with Crippen LogP contribution in [0.3, 0.4) is 0 Å². The Morgan fingerprint density at radius 3 is 2.59 bits per heavy atom. The molecule has 1 aliphatic rings. The third kappa shape index (κ3) is 5.32. The van der Waals surface area contributed by atoms with Crippen LogP contribution < -0.4 is 5.32 Å². The molecule has 0 saturated carbocycles. The maximum atomic E-state index is 12.2. The Hall–Kier alpha value is -2.03. The minimum Gasteiger partial charge on any atom is -0.444 e. The number of hydrogen-bond donors (Lipinski definition) is 1. The third-order valence-electron chi connectivity index (χ3n) is 4.99. The van der Waals surface area contributed by atoms with E-state index in [0.717, 1.165) is 54.8 Å². The van der Waals surface area contributed by atoms with E-state index in [-0.39, 0.29) is 6.09 Å². The van der Waals surface area contributed by atoms with Crippen LogP contribution in [0, 0.1) is 5.92 Å². The van der Waals surface area contributed by atoms with Crippen LogP contribution in [0.25, 0.3) is 5.65 Å². The predicted molar refractivity (Wildman–Crippen MR) is 116 cm³/mol. The number of carbonyl (C=O) groups excluding carboxylic acids is 1. The zero-order valence-corrected chi connectivity index (χ0v) is 19.0. The van der Waals surface area contributed by atoms with E-state index in [1.165, 1.54) is 11.8 Å². The minimum absolute atomic E-state index is 0.219. The topological polar surface area (TPSA) is 84.7 Å². The maximum Gasteiger partial charge on any atom is 0.410 e. The van der Waals surface area contributed by atoms with Crippen molar-refractivity contribution in [3.05, 3.63) is 11.8 Å². The molecule has 1 aliphatic heterocycles. The highest BCUT2D eigenvalue weighted by Crippen LogP contribution is 2.24. The van der Waals surface area contributed by atoms with E-state index in [9.17, 15) is 4.79 Å². The van der Waals surface area contributed by atoms with Crippen molar-refractivity contribution in [2.75, 3.05) is 31.2 Å². The van der Waals surface area contributed by atoms with Crippen LogP contribution in [0.1, 0.15) is 58.9 Å². The van der Waals surface area contributed by atoms with Crippen molar-refractivity contribution in [2.45, 2.75) is 64.1 Å². The van der Waals surface area contributed by atoms with Crippen LogP contribution in [0.4, 0.5) is 10.7 Å². The largest absolute Gasteiger partial charge is 0.444 e. The summed E-state index contributed by atoms with van der Waals surface area (Å²) in [5, 5.41) is 8.70. The van der Waals surface area contributed by atoms with Crippen LogP contribution in [0.5, 0.6) is 0 Å². The smallest absolute Gasteiger partial charge is 0.410 e. The Labute approximate surface area is 176 Å². The SMILES string of the molecule is CSc1nc(NCC2CCN(C(=O)OC(C)(C)C)CC2)n2ncc(C(C)C)c2n1. The van der Waals surface area contributed by atoms with E-state index >= 15 is 0 Å². The van der Waals surface area contributed by atoms with Gasteiger partial charge in [0.25, 0.3) is 0 Å². The first-order valence-corrected chi connectivity index (χ1v) is 11.4. The lowest BCUT2D eigenvalue weighted by Crippen LogP contribution is -2.42. The molecule has 2 aromatic heterocycles. The molecule has 0 aromatic carbocycles. The Morgan fingerprint density at radius 2 is 2.00 bits per heavy atom. The van der Waals surface area contributed by atoms with Gasteiger partial charge in [-0.2, -0.15) is 14.6 Å². The van der Waals surface area contributed by atoms with Gasteiger partial charge >= 0.3 is 6.09 Å². The van der Waals surface area contributed by atoms with Crippen molar-refractivity contribution >= 4 is 29.5 Å². The van der Waals surface area contributed by atoms with E-state index in [4.69, 9.17) is 4.74 Å². The first-order valence-electron chi connectivity index (χ1n) is 10.2. The molecule has 1 saturated heterocycles. The number of anilines is 1. The molecule has 3 rings (SSSR count). The zero-order chi connectivity index (χ0) is 21.2. The van der Waals surface area contributed by atoms with Crippen molar-refractivity contribution in [3.8, 4) is 0 Å². The van der Waals surface area contributed by atoms with Gasteiger partial charge in [0.1, 0.15) is 5.60 Å². The van der Waals surface area contributed by atoms with E-state index in [1.54, 1.807) is 9.42 Å². The number of thioether (sulfide) groups is 1. The van der Waals surface area contributed by atoms with Gasteiger partial charge in [0.05, 0.1) is 6.20 Å². The van der Waals surface area contributed by atoms with Crippen LogP contribution in [0.15, 0.2) is 11.4 Å². The normalized spacial score (nSPS) is 15.9. The summed E-state index contributed by atoms with van der Waals surface area (Å²) in [5.74, 6) is 1.54. The van der Waals surface area contributed by atoms with Gasteiger partial charge < -0.3 is 15.0 Å². The Balaban J connectivity index is 1.62.